The first-order valence-electron chi connectivity index (χ1n) is 7.79. The molecule has 4 nitrogen and oxygen atoms in total. The van der Waals surface area contributed by atoms with Gasteiger partial charge >= 0.3 is 6.18 Å². The number of amides is 1. The zero-order valence-corrected chi connectivity index (χ0v) is 13.7. The van der Waals surface area contributed by atoms with E-state index in [9.17, 15) is 22.4 Å². The summed E-state index contributed by atoms with van der Waals surface area (Å²) in [5.41, 5.74) is -0.445. The van der Waals surface area contributed by atoms with Crippen LogP contribution in [0.2, 0.25) is 0 Å². The van der Waals surface area contributed by atoms with Crippen LogP contribution in [0.4, 0.5) is 34.8 Å². The number of hydrogen-bond donors (Lipinski definition) is 2. The van der Waals surface area contributed by atoms with Gasteiger partial charge in [0.15, 0.2) is 0 Å². The van der Waals surface area contributed by atoms with Crippen LogP contribution < -0.4 is 10.6 Å². The van der Waals surface area contributed by atoms with Gasteiger partial charge in [-0.05, 0) is 42.5 Å². The monoisotopic (exact) mass is 375 g/mol. The quantitative estimate of drug-likeness (QED) is 0.614. The molecule has 3 aromatic rings. The average Bonchev–Trinajstić information content (AvgIpc) is 2.63. The molecule has 0 aliphatic rings. The van der Waals surface area contributed by atoms with E-state index in [-0.39, 0.29) is 22.8 Å². The Labute approximate surface area is 151 Å². The number of carbonyl (C=O) groups is 1. The van der Waals surface area contributed by atoms with Gasteiger partial charge in [-0.1, -0.05) is 18.2 Å². The van der Waals surface area contributed by atoms with Crippen LogP contribution in [0.3, 0.4) is 0 Å². The number of nitrogens with one attached hydrogen (secondary N) is 2. The fourth-order valence-electron chi connectivity index (χ4n) is 2.32. The lowest BCUT2D eigenvalue weighted by Gasteiger charge is -2.11. The number of nitrogens with zero attached hydrogens (tertiary/aromatic N) is 1. The summed E-state index contributed by atoms with van der Waals surface area (Å²) in [5, 5.41) is 5.15. The Morgan fingerprint density at radius 1 is 0.963 bits per heavy atom. The van der Waals surface area contributed by atoms with Gasteiger partial charge in [0.1, 0.15) is 11.6 Å². The second kappa shape index (κ2) is 7.45. The minimum absolute atomic E-state index is 0.0201. The Bertz CT molecular complexity index is 973. The topological polar surface area (TPSA) is 54.0 Å². The number of para-hydroxylation sites is 1. The number of halogens is 4. The lowest BCUT2D eigenvalue weighted by Crippen LogP contribution is -2.13. The summed E-state index contributed by atoms with van der Waals surface area (Å²) >= 11 is 0. The van der Waals surface area contributed by atoms with Crippen molar-refractivity contribution in [1.82, 2.24) is 4.98 Å². The SMILES string of the molecule is O=C(Nc1ccccc1F)c1ccnc(Nc2cccc(C(F)(F)F)c2)c1. The summed E-state index contributed by atoms with van der Waals surface area (Å²) in [7, 11) is 0. The molecule has 27 heavy (non-hydrogen) atoms. The molecule has 2 aromatic carbocycles. The first kappa shape index (κ1) is 18.4. The van der Waals surface area contributed by atoms with Crippen LogP contribution in [0, 0.1) is 5.82 Å². The summed E-state index contributed by atoms with van der Waals surface area (Å²) in [6, 6.07) is 13.1. The van der Waals surface area contributed by atoms with Gasteiger partial charge in [0.25, 0.3) is 5.91 Å². The second-order valence-corrected chi connectivity index (χ2v) is 5.57. The second-order valence-electron chi connectivity index (χ2n) is 5.57. The fourth-order valence-corrected chi connectivity index (χ4v) is 2.32. The van der Waals surface area contributed by atoms with Crippen LogP contribution in [-0.4, -0.2) is 10.9 Å². The summed E-state index contributed by atoms with van der Waals surface area (Å²) in [6.45, 7) is 0. The molecule has 0 bridgehead atoms. The molecular formula is C19H13F4N3O. The Kier molecular flexibility index (Phi) is 5.07. The van der Waals surface area contributed by atoms with Crippen LogP contribution in [0.5, 0.6) is 0 Å². The van der Waals surface area contributed by atoms with Crippen molar-refractivity contribution in [3.8, 4) is 0 Å². The normalized spacial score (nSPS) is 11.1. The number of anilines is 3. The molecular weight excluding hydrogens is 362 g/mol. The van der Waals surface area contributed by atoms with Gasteiger partial charge in [0.05, 0.1) is 11.3 Å². The van der Waals surface area contributed by atoms with Crippen molar-refractivity contribution in [2.24, 2.45) is 0 Å². The number of alkyl halides is 3. The highest BCUT2D eigenvalue weighted by Gasteiger charge is 2.30. The van der Waals surface area contributed by atoms with Gasteiger partial charge in [0, 0.05) is 17.4 Å². The van der Waals surface area contributed by atoms with Crippen LogP contribution in [-0.2, 0) is 6.18 Å². The molecule has 0 saturated carbocycles. The third-order valence-corrected chi connectivity index (χ3v) is 3.61. The Morgan fingerprint density at radius 3 is 2.48 bits per heavy atom. The van der Waals surface area contributed by atoms with Crippen molar-refractivity contribution in [3.63, 3.8) is 0 Å². The van der Waals surface area contributed by atoms with Crippen LogP contribution in [0.1, 0.15) is 15.9 Å². The maximum atomic E-state index is 13.6. The van der Waals surface area contributed by atoms with E-state index in [0.717, 1.165) is 12.1 Å². The third-order valence-electron chi connectivity index (χ3n) is 3.61. The highest BCUT2D eigenvalue weighted by molar-refractivity contribution is 6.04. The van der Waals surface area contributed by atoms with E-state index in [1.165, 1.54) is 48.7 Å². The summed E-state index contributed by atoms with van der Waals surface area (Å²) < 4.78 is 52.0. The van der Waals surface area contributed by atoms with Crippen molar-refractivity contribution in [1.29, 1.82) is 0 Å². The molecule has 0 radical (unpaired) electrons. The molecule has 0 atom stereocenters. The van der Waals surface area contributed by atoms with E-state index in [1.54, 1.807) is 6.07 Å². The molecule has 0 unspecified atom stereocenters. The molecule has 0 aliphatic carbocycles. The zero-order chi connectivity index (χ0) is 19.4. The number of hydrogen-bond acceptors (Lipinski definition) is 3. The first-order valence-corrected chi connectivity index (χ1v) is 7.79. The Morgan fingerprint density at radius 2 is 1.74 bits per heavy atom. The fraction of sp³-hybridized carbons (Fsp3) is 0.0526. The molecule has 138 valence electrons. The molecule has 0 spiro atoms. The minimum atomic E-state index is -4.47. The average molecular weight is 375 g/mol. The maximum Gasteiger partial charge on any atom is 0.416 e. The zero-order valence-electron chi connectivity index (χ0n) is 13.7. The van der Waals surface area contributed by atoms with Gasteiger partial charge in [0.2, 0.25) is 0 Å². The van der Waals surface area contributed by atoms with Crippen molar-refractivity contribution in [2.75, 3.05) is 10.6 Å². The molecule has 0 fully saturated rings. The van der Waals surface area contributed by atoms with Crippen molar-refractivity contribution in [3.05, 3.63) is 83.8 Å². The van der Waals surface area contributed by atoms with E-state index < -0.39 is 23.5 Å². The van der Waals surface area contributed by atoms with Crippen molar-refractivity contribution in [2.45, 2.75) is 6.18 Å². The predicted molar refractivity (Wildman–Crippen MR) is 93.3 cm³/mol. The van der Waals surface area contributed by atoms with E-state index in [4.69, 9.17) is 0 Å². The van der Waals surface area contributed by atoms with Gasteiger partial charge in [-0.15, -0.1) is 0 Å². The van der Waals surface area contributed by atoms with E-state index in [0.29, 0.717) is 0 Å². The van der Waals surface area contributed by atoms with Gasteiger partial charge in [-0.2, -0.15) is 13.2 Å². The van der Waals surface area contributed by atoms with Crippen LogP contribution >= 0.6 is 0 Å². The molecule has 1 amide bonds. The molecule has 0 aliphatic heterocycles. The Balaban J connectivity index is 1.78. The van der Waals surface area contributed by atoms with E-state index in [2.05, 4.69) is 15.6 Å². The largest absolute Gasteiger partial charge is 0.416 e. The number of rotatable bonds is 4. The predicted octanol–water partition coefficient (Wildman–Crippen LogP) is 5.24. The summed E-state index contributed by atoms with van der Waals surface area (Å²) in [5.74, 6) is -0.979. The van der Waals surface area contributed by atoms with E-state index >= 15 is 0 Å². The molecule has 2 N–H and O–H groups in total. The lowest BCUT2D eigenvalue weighted by atomic mass is 10.2. The van der Waals surface area contributed by atoms with Crippen LogP contribution in [0.25, 0.3) is 0 Å². The standard InChI is InChI=1S/C19H13F4N3O/c20-15-6-1-2-7-16(15)26-18(27)12-8-9-24-17(10-12)25-14-5-3-4-13(11-14)19(21,22)23/h1-11H,(H,24,25)(H,26,27). The molecule has 0 saturated heterocycles. The van der Waals surface area contributed by atoms with Gasteiger partial charge in [-0.3, -0.25) is 4.79 Å². The molecule has 3 rings (SSSR count). The lowest BCUT2D eigenvalue weighted by molar-refractivity contribution is -0.137. The molecule has 1 heterocycles. The summed E-state index contributed by atoms with van der Waals surface area (Å²) in [6.07, 6.45) is -3.14. The maximum absolute atomic E-state index is 13.6. The third kappa shape index (κ3) is 4.60. The molecule has 8 heteroatoms. The smallest absolute Gasteiger partial charge is 0.340 e. The minimum Gasteiger partial charge on any atom is -0.340 e. The first-order chi connectivity index (χ1) is 12.8. The number of benzene rings is 2. The van der Waals surface area contributed by atoms with Crippen LogP contribution in [0.15, 0.2) is 66.9 Å². The van der Waals surface area contributed by atoms with E-state index in [1.807, 2.05) is 0 Å². The number of aromatic nitrogens is 1. The number of pyridine rings is 1. The van der Waals surface area contributed by atoms with Gasteiger partial charge in [-0.25, -0.2) is 9.37 Å². The molecule has 1 aromatic heterocycles. The van der Waals surface area contributed by atoms with Crippen molar-refractivity contribution >= 4 is 23.1 Å². The Hall–Kier alpha value is -3.42. The highest BCUT2D eigenvalue weighted by Crippen LogP contribution is 2.31. The highest BCUT2D eigenvalue weighted by atomic mass is 19.4. The van der Waals surface area contributed by atoms with Crippen molar-refractivity contribution < 1.29 is 22.4 Å². The van der Waals surface area contributed by atoms with Gasteiger partial charge < -0.3 is 10.6 Å². The summed E-state index contributed by atoms with van der Waals surface area (Å²) in [4.78, 5) is 16.3. The number of carbonyl (C=O) groups excluding carboxylic acids is 1.